The second-order valence-electron chi connectivity index (χ2n) is 5.16. The molecule has 0 fully saturated rings. The maximum absolute atomic E-state index is 10.2. The first-order valence-corrected chi connectivity index (χ1v) is 7.44. The van der Waals surface area contributed by atoms with Crippen LogP contribution >= 0.6 is 0 Å². The second kappa shape index (κ2) is 7.10. The lowest BCUT2D eigenvalue weighted by molar-refractivity contribution is 0.144. The first kappa shape index (κ1) is 15.9. The lowest BCUT2D eigenvalue weighted by Gasteiger charge is -2.09. The molecule has 3 rings (SSSR count). The molecule has 1 aromatic heterocycles. The van der Waals surface area contributed by atoms with Crippen LogP contribution in [0.2, 0.25) is 0 Å². The molecule has 0 spiro atoms. The molecule has 1 heterocycles. The van der Waals surface area contributed by atoms with Crippen molar-refractivity contribution in [1.29, 1.82) is 0 Å². The summed E-state index contributed by atoms with van der Waals surface area (Å²) in [7, 11) is 3.15. The largest absolute Gasteiger partial charge is 0.493 e. The van der Waals surface area contributed by atoms with Gasteiger partial charge in [0.2, 0.25) is 5.82 Å². The fourth-order valence-corrected chi connectivity index (χ4v) is 2.35. The molecule has 0 aliphatic carbocycles. The molecule has 1 N–H and O–H groups in total. The SMILES string of the molecule is COc1ccc(-c2nnn(CC(O)c3ccccc3)n2)cc1OC. The summed E-state index contributed by atoms with van der Waals surface area (Å²) in [6.07, 6.45) is -0.696. The van der Waals surface area contributed by atoms with Crippen molar-refractivity contribution in [2.24, 2.45) is 0 Å². The molecule has 0 amide bonds. The molecule has 7 heteroatoms. The number of tetrazole rings is 1. The summed E-state index contributed by atoms with van der Waals surface area (Å²) in [5, 5.41) is 22.6. The zero-order valence-corrected chi connectivity index (χ0v) is 13.5. The zero-order chi connectivity index (χ0) is 16.9. The summed E-state index contributed by atoms with van der Waals surface area (Å²) < 4.78 is 10.5. The number of aliphatic hydroxyl groups excluding tert-OH is 1. The predicted octanol–water partition coefficient (Wildman–Crippen LogP) is 2.09. The summed E-state index contributed by atoms with van der Waals surface area (Å²) >= 11 is 0. The summed E-state index contributed by atoms with van der Waals surface area (Å²) in [6.45, 7) is 0.226. The van der Waals surface area contributed by atoms with Crippen LogP contribution in [0.15, 0.2) is 48.5 Å². The van der Waals surface area contributed by atoms with E-state index < -0.39 is 6.10 Å². The molecule has 2 aromatic carbocycles. The van der Waals surface area contributed by atoms with Crippen molar-refractivity contribution < 1.29 is 14.6 Å². The molecule has 0 saturated carbocycles. The number of rotatable bonds is 6. The predicted molar refractivity (Wildman–Crippen MR) is 87.8 cm³/mol. The number of aliphatic hydroxyl groups is 1. The van der Waals surface area contributed by atoms with Crippen LogP contribution in [0.3, 0.4) is 0 Å². The molecule has 1 unspecified atom stereocenters. The highest BCUT2D eigenvalue weighted by Gasteiger charge is 2.13. The average molecular weight is 326 g/mol. The lowest BCUT2D eigenvalue weighted by atomic mass is 10.1. The summed E-state index contributed by atoms with van der Waals surface area (Å²) in [5.74, 6) is 1.68. The minimum atomic E-state index is -0.696. The highest BCUT2D eigenvalue weighted by molar-refractivity contribution is 5.60. The number of nitrogens with zero attached hydrogens (tertiary/aromatic N) is 4. The highest BCUT2D eigenvalue weighted by atomic mass is 16.5. The van der Waals surface area contributed by atoms with E-state index in [1.165, 1.54) is 4.80 Å². The lowest BCUT2D eigenvalue weighted by Crippen LogP contribution is -2.11. The Bertz CT molecular complexity index is 805. The van der Waals surface area contributed by atoms with Gasteiger partial charge in [-0.05, 0) is 29.0 Å². The molecular weight excluding hydrogens is 308 g/mol. The van der Waals surface area contributed by atoms with Crippen LogP contribution in [0.1, 0.15) is 11.7 Å². The topological polar surface area (TPSA) is 82.3 Å². The van der Waals surface area contributed by atoms with Gasteiger partial charge in [0, 0.05) is 5.56 Å². The van der Waals surface area contributed by atoms with E-state index in [9.17, 15) is 5.11 Å². The van der Waals surface area contributed by atoms with E-state index in [1.54, 1.807) is 26.4 Å². The highest BCUT2D eigenvalue weighted by Crippen LogP contribution is 2.30. The Balaban J connectivity index is 1.78. The normalized spacial score (nSPS) is 12.0. The van der Waals surface area contributed by atoms with Gasteiger partial charge in [-0.1, -0.05) is 30.3 Å². The number of ether oxygens (including phenoxy) is 2. The van der Waals surface area contributed by atoms with Gasteiger partial charge < -0.3 is 14.6 Å². The fraction of sp³-hybridized carbons (Fsp3) is 0.235. The molecule has 1 atom stereocenters. The number of hydrogen-bond acceptors (Lipinski definition) is 6. The van der Waals surface area contributed by atoms with E-state index in [0.29, 0.717) is 17.3 Å². The zero-order valence-electron chi connectivity index (χ0n) is 13.5. The van der Waals surface area contributed by atoms with E-state index in [0.717, 1.165) is 11.1 Å². The van der Waals surface area contributed by atoms with Crippen LogP contribution in [0.5, 0.6) is 11.5 Å². The van der Waals surface area contributed by atoms with E-state index in [-0.39, 0.29) is 6.54 Å². The van der Waals surface area contributed by atoms with Gasteiger partial charge >= 0.3 is 0 Å². The standard InChI is InChI=1S/C17H18N4O3/c1-23-15-9-8-13(10-16(15)24-2)17-18-20-21(19-17)11-14(22)12-6-4-3-5-7-12/h3-10,14,22H,11H2,1-2H3. The Morgan fingerprint density at radius 3 is 2.50 bits per heavy atom. The minimum Gasteiger partial charge on any atom is -0.493 e. The first-order valence-electron chi connectivity index (χ1n) is 7.44. The number of hydrogen-bond donors (Lipinski definition) is 1. The van der Waals surface area contributed by atoms with Crippen LogP contribution in [-0.2, 0) is 6.54 Å². The van der Waals surface area contributed by atoms with E-state index >= 15 is 0 Å². The second-order valence-corrected chi connectivity index (χ2v) is 5.16. The van der Waals surface area contributed by atoms with Gasteiger partial charge in [0.25, 0.3) is 0 Å². The molecule has 124 valence electrons. The van der Waals surface area contributed by atoms with Gasteiger partial charge in [0.05, 0.1) is 20.8 Å². The molecule has 0 radical (unpaired) electrons. The van der Waals surface area contributed by atoms with Crippen molar-refractivity contribution in [2.75, 3.05) is 14.2 Å². The fourth-order valence-electron chi connectivity index (χ4n) is 2.35. The average Bonchev–Trinajstić information content (AvgIpc) is 3.10. The van der Waals surface area contributed by atoms with Gasteiger partial charge in [0.15, 0.2) is 11.5 Å². The van der Waals surface area contributed by atoms with Crippen molar-refractivity contribution in [2.45, 2.75) is 12.6 Å². The van der Waals surface area contributed by atoms with Crippen LogP contribution in [0.4, 0.5) is 0 Å². The summed E-state index contributed by atoms with van der Waals surface area (Å²) in [6, 6.07) is 14.8. The van der Waals surface area contributed by atoms with E-state index in [4.69, 9.17) is 9.47 Å². The van der Waals surface area contributed by atoms with Crippen molar-refractivity contribution in [1.82, 2.24) is 20.2 Å². The van der Waals surface area contributed by atoms with Crippen molar-refractivity contribution in [3.05, 3.63) is 54.1 Å². The molecule has 24 heavy (non-hydrogen) atoms. The summed E-state index contributed by atoms with van der Waals surface area (Å²) in [5.41, 5.74) is 1.57. The third kappa shape index (κ3) is 3.36. The molecule has 7 nitrogen and oxygen atoms in total. The number of benzene rings is 2. The van der Waals surface area contributed by atoms with Crippen molar-refractivity contribution in [3.8, 4) is 22.9 Å². The van der Waals surface area contributed by atoms with Crippen molar-refractivity contribution >= 4 is 0 Å². The first-order chi connectivity index (χ1) is 11.7. The maximum Gasteiger partial charge on any atom is 0.205 e. The quantitative estimate of drug-likeness (QED) is 0.747. The number of methoxy groups -OCH3 is 2. The molecule has 3 aromatic rings. The molecule has 0 saturated heterocycles. The van der Waals surface area contributed by atoms with Crippen LogP contribution in [-0.4, -0.2) is 39.5 Å². The Kier molecular flexibility index (Phi) is 4.72. The van der Waals surface area contributed by atoms with Crippen molar-refractivity contribution in [3.63, 3.8) is 0 Å². The minimum absolute atomic E-state index is 0.226. The smallest absolute Gasteiger partial charge is 0.205 e. The van der Waals surface area contributed by atoms with Crippen LogP contribution in [0, 0.1) is 0 Å². The Morgan fingerprint density at radius 1 is 1.04 bits per heavy atom. The third-order valence-electron chi connectivity index (χ3n) is 3.62. The van der Waals surface area contributed by atoms with Gasteiger partial charge in [0.1, 0.15) is 6.10 Å². The van der Waals surface area contributed by atoms with Crippen LogP contribution < -0.4 is 9.47 Å². The summed E-state index contributed by atoms with van der Waals surface area (Å²) in [4.78, 5) is 1.38. The maximum atomic E-state index is 10.2. The molecule has 0 aliphatic rings. The monoisotopic (exact) mass is 326 g/mol. The molecule has 0 aliphatic heterocycles. The molecular formula is C17H18N4O3. The Morgan fingerprint density at radius 2 is 1.79 bits per heavy atom. The Hall–Kier alpha value is -2.93. The third-order valence-corrected chi connectivity index (χ3v) is 3.62. The van der Waals surface area contributed by atoms with E-state index in [2.05, 4.69) is 15.4 Å². The number of aromatic nitrogens is 4. The van der Waals surface area contributed by atoms with Gasteiger partial charge in [-0.3, -0.25) is 0 Å². The van der Waals surface area contributed by atoms with Gasteiger partial charge in [-0.2, -0.15) is 4.80 Å². The van der Waals surface area contributed by atoms with E-state index in [1.807, 2.05) is 36.4 Å². The Labute approximate surface area is 139 Å². The molecule has 0 bridgehead atoms. The van der Waals surface area contributed by atoms with Gasteiger partial charge in [-0.25, -0.2) is 0 Å². The van der Waals surface area contributed by atoms with Crippen LogP contribution in [0.25, 0.3) is 11.4 Å². The van der Waals surface area contributed by atoms with Gasteiger partial charge in [-0.15, -0.1) is 10.2 Å².